The van der Waals surface area contributed by atoms with E-state index >= 15 is 0 Å². The lowest BCUT2D eigenvalue weighted by atomic mass is 10.0. The molecule has 0 aromatic heterocycles. The van der Waals surface area contributed by atoms with Crippen molar-refractivity contribution in [3.8, 4) is 0 Å². The highest BCUT2D eigenvalue weighted by Crippen LogP contribution is 2.26. The van der Waals surface area contributed by atoms with Gasteiger partial charge in [-0.3, -0.25) is 38.6 Å². The smallest absolute Gasteiger partial charge is 0.326 e. The number of nitrogens with zero attached hydrogens (tertiary/aromatic N) is 4. The Labute approximate surface area is 381 Å². The highest BCUT2D eigenvalue weighted by atomic mass is 16.4. The van der Waals surface area contributed by atoms with Crippen molar-refractivity contribution >= 4 is 53.3 Å². The van der Waals surface area contributed by atoms with Crippen LogP contribution in [0.4, 0.5) is 0 Å². The van der Waals surface area contributed by atoms with Gasteiger partial charge in [-0.25, -0.2) is 4.79 Å². The van der Waals surface area contributed by atoms with E-state index in [9.17, 15) is 53.7 Å². The van der Waals surface area contributed by atoms with E-state index in [-0.39, 0.29) is 64.2 Å². The average Bonchev–Trinajstić information content (AvgIpc) is 4.09. The Hall–Kier alpha value is -6.65. The molecule has 66 heavy (non-hydrogen) atoms. The predicted molar refractivity (Wildman–Crippen MR) is 237 cm³/mol. The molecule has 3 heterocycles. The summed E-state index contributed by atoms with van der Waals surface area (Å²) in [5, 5.41) is 40.8. The number of carboxylic acids is 1. The summed E-state index contributed by atoms with van der Waals surface area (Å²) in [6, 6.07) is 9.05. The quantitative estimate of drug-likeness (QED) is 0.0329. The number of carbonyl (C=O) groups is 8. The summed E-state index contributed by atoms with van der Waals surface area (Å²) in [4.78, 5) is 115. The molecule has 0 saturated carbocycles. The summed E-state index contributed by atoms with van der Waals surface area (Å²) in [7, 11) is 0. The number of β-amino-alcohol motifs (C(OH)–C–C–N with tert-alkyl or cyclic N) is 1. The van der Waals surface area contributed by atoms with Gasteiger partial charge in [-0.2, -0.15) is 0 Å². The number of aliphatic hydroxyl groups excluding tert-OH is 2. The average molecular weight is 920 g/mol. The first-order valence-electron chi connectivity index (χ1n) is 22.1. The molecule has 0 bridgehead atoms. The van der Waals surface area contributed by atoms with Crippen molar-refractivity contribution in [3.63, 3.8) is 0 Å². The van der Waals surface area contributed by atoms with Gasteiger partial charge < -0.3 is 68.5 Å². The van der Waals surface area contributed by atoms with E-state index < -0.39 is 109 Å². The molecule has 0 aliphatic carbocycles. The minimum Gasteiger partial charge on any atom is -0.480 e. The van der Waals surface area contributed by atoms with Crippen LogP contribution < -0.4 is 38.5 Å². The molecule has 3 saturated heterocycles. The highest BCUT2D eigenvalue weighted by molar-refractivity contribution is 5.97. The number of benzene rings is 2. The van der Waals surface area contributed by atoms with Crippen LogP contribution in [-0.2, 0) is 51.2 Å². The van der Waals surface area contributed by atoms with Gasteiger partial charge in [-0.15, -0.1) is 0 Å². The Bertz CT molecular complexity index is 2070. The van der Waals surface area contributed by atoms with Crippen LogP contribution >= 0.6 is 0 Å². The van der Waals surface area contributed by atoms with Crippen LogP contribution in [-0.4, -0.2) is 171 Å². The number of carbonyl (C=O) groups excluding carboxylic acids is 7. The Morgan fingerprint density at radius 3 is 1.91 bits per heavy atom. The van der Waals surface area contributed by atoms with Crippen LogP contribution in [0, 0.1) is 0 Å². The molecule has 5 rings (SSSR count). The molecule has 0 unspecified atom stereocenters. The molecule has 3 fully saturated rings. The van der Waals surface area contributed by atoms with Crippen molar-refractivity contribution in [1.29, 1.82) is 0 Å². The van der Waals surface area contributed by atoms with Gasteiger partial charge in [0.05, 0.1) is 25.3 Å². The summed E-state index contributed by atoms with van der Waals surface area (Å²) in [5.74, 6) is -6.26. The molecular weight excluding hydrogens is 859 g/mol. The predicted octanol–water partition coefficient (Wildman–Crippen LogP) is -3.56. The minimum absolute atomic E-state index is 0.00203. The number of amides is 7. The number of carboxylic acid groups (broad SMARTS) is 1. The first-order valence-corrected chi connectivity index (χ1v) is 22.1. The van der Waals surface area contributed by atoms with Crippen molar-refractivity contribution in [3.05, 3.63) is 71.8 Å². The molecule has 3 aliphatic rings. The molecule has 3 aliphatic heterocycles. The first-order chi connectivity index (χ1) is 31.6. The zero-order valence-corrected chi connectivity index (χ0v) is 36.6. The van der Waals surface area contributed by atoms with Crippen LogP contribution in [0.1, 0.15) is 56.1 Å². The lowest BCUT2D eigenvalue weighted by molar-refractivity contribution is -0.147. The number of nitrogens with two attached hydrogens (primary N) is 3. The number of rotatable bonds is 21. The minimum atomic E-state index is -1.55. The summed E-state index contributed by atoms with van der Waals surface area (Å²) in [6.07, 6.45) is 0.880. The van der Waals surface area contributed by atoms with Crippen LogP contribution in [0.3, 0.4) is 0 Å². The number of aliphatic imine (C=N–C) groups is 1. The van der Waals surface area contributed by atoms with Crippen molar-refractivity contribution in [2.24, 2.45) is 22.2 Å². The molecule has 2 aromatic rings. The van der Waals surface area contributed by atoms with Crippen LogP contribution in [0.15, 0.2) is 65.7 Å². The number of aliphatic hydroxyl groups is 2. The summed E-state index contributed by atoms with van der Waals surface area (Å²) < 4.78 is 0. The third kappa shape index (κ3) is 13.7. The second kappa shape index (κ2) is 24.0. The SMILES string of the molecule is NC(N)=NCCC[C@H](N)C(=O)N1CCC[C@H]1C(=O)N1C[C@H](O)C[C@H]1C(=O)NCC(=O)N[C@@H](Cc1ccccc1)C(=O)N[C@@H](CO)C(=O)N1CCC[C@H]1C(=O)N[C@@H](Cc1ccccc1)C(=O)O. The normalized spacial score (nSPS) is 20.9. The Balaban J connectivity index is 1.19. The van der Waals surface area contributed by atoms with Gasteiger partial charge in [0.1, 0.15) is 36.3 Å². The molecule has 358 valence electrons. The zero-order valence-electron chi connectivity index (χ0n) is 36.6. The topological polar surface area (TPSA) is 346 Å². The summed E-state index contributed by atoms with van der Waals surface area (Å²) in [5.41, 5.74) is 18.2. The van der Waals surface area contributed by atoms with Gasteiger partial charge >= 0.3 is 5.97 Å². The van der Waals surface area contributed by atoms with E-state index in [1.165, 1.54) is 14.7 Å². The van der Waals surface area contributed by atoms with Gasteiger partial charge in [-0.1, -0.05) is 60.7 Å². The van der Waals surface area contributed by atoms with Gasteiger partial charge in [0.15, 0.2) is 5.96 Å². The molecule has 7 amide bonds. The van der Waals surface area contributed by atoms with E-state index in [2.05, 4.69) is 26.3 Å². The number of nitrogens with one attached hydrogen (secondary N) is 4. The maximum absolute atomic E-state index is 13.9. The van der Waals surface area contributed by atoms with Crippen LogP contribution in [0.5, 0.6) is 0 Å². The Morgan fingerprint density at radius 1 is 0.727 bits per heavy atom. The number of likely N-dealkylation sites (tertiary alicyclic amines) is 3. The standard InChI is InChI=1S/C44H61N11O11/c45-29(14-7-17-48-44(46)47)40(62)54-19-9-16-34(54)42(64)55-24-28(57)22-35(55)38(60)49-23-36(58)50-30(20-26-10-3-1-4-11-26)37(59)52-32(25-56)41(63)53-18-8-15-33(53)39(61)51-31(43(65)66)21-27-12-5-2-6-13-27/h1-6,10-13,28-35,56-57H,7-9,14-25,45H2,(H,49,60)(H,50,58)(H,51,61)(H,52,59)(H,65,66)(H4,46,47,48)/t28-,29+,30+,31+,32+,33+,34+,35+/m1/s1. The van der Waals surface area contributed by atoms with E-state index in [0.717, 1.165) is 0 Å². The molecule has 0 spiro atoms. The van der Waals surface area contributed by atoms with Gasteiger partial charge in [0.25, 0.3) is 0 Å². The zero-order chi connectivity index (χ0) is 47.9. The van der Waals surface area contributed by atoms with E-state index in [1.54, 1.807) is 60.7 Å². The van der Waals surface area contributed by atoms with Gasteiger partial charge in [0, 0.05) is 45.4 Å². The number of aliphatic carboxylic acids is 1. The van der Waals surface area contributed by atoms with Crippen molar-refractivity contribution in [2.75, 3.05) is 39.3 Å². The van der Waals surface area contributed by atoms with E-state index in [4.69, 9.17) is 17.2 Å². The molecule has 13 N–H and O–H groups in total. The summed E-state index contributed by atoms with van der Waals surface area (Å²) in [6.45, 7) is -1.06. The number of hydrogen-bond acceptors (Lipinski definition) is 12. The maximum atomic E-state index is 13.9. The fraction of sp³-hybridized carbons (Fsp3) is 0.523. The van der Waals surface area contributed by atoms with E-state index in [1.807, 2.05) is 0 Å². The van der Waals surface area contributed by atoms with Crippen LogP contribution in [0.2, 0.25) is 0 Å². The number of guanidine groups is 1. The monoisotopic (exact) mass is 919 g/mol. The third-order valence-corrected chi connectivity index (χ3v) is 11.9. The first kappa shape index (κ1) is 50.4. The highest BCUT2D eigenvalue weighted by Gasteiger charge is 2.45. The number of hydrogen-bond donors (Lipinski definition) is 10. The lowest BCUT2D eigenvalue weighted by Gasteiger charge is -2.32. The maximum Gasteiger partial charge on any atom is 0.326 e. The molecular formula is C44H61N11O11. The molecule has 2 aromatic carbocycles. The largest absolute Gasteiger partial charge is 0.480 e. The third-order valence-electron chi connectivity index (χ3n) is 11.9. The van der Waals surface area contributed by atoms with Gasteiger partial charge in [0.2, 0.25) is 41.4 Å². The fourth-order valence-corrected chi connectivity index (χ4v) is 8.51. The molecule has 22 nitrogen and oxygen atoms in total. The lowest BCUT2D eigenvalue weighted by Crippen LogP contribution is -2.59. The van der Waals surface area contributed by atoms with Crippen molar-refractivity contribution < 1.29 is 53.7 Å². The molecule has 0 radical (unpaired) electrons. The van der Waals surface area contributed by atoms with Gasteiger partial charge in [-0.05, 0) is 49.7 Å². The summed E-state index contributed by atoms with van der Waals surface area (Å²) >= 11 is 0. The second-order valence-corrected chi connectivity index (χ2v) is 16.7. The Morgan fingerprint density at radius 2 is 1.32 bits per heavy atom. The molecule has 8 atom stereocenters. The fourth-order valence-electron chi connectivity index (χ4n) is 8.51. The molecule has 22 heteroatoms. The van der Waals surface area contributed by atoms with Crippen molar-refractivity contribution in [2.45, 2.75) is 106 Å². The van der Waals surface area contributed by atoms with Crippen LogP contribution in [0.25, 0.3) is 0 Å². The van der Waals surface area contributed by atoms with Crippen molar-refractivity contribution in [1.82, 2.24) is 36.0 Å². The Kier molecular flexibility index (Phi) is 18.3. The second-order valence-electron chi connectivity index (χ2n) is 16.7. The van der Waals surface area contributed by atoms with E-state index in [0.29, 0.717) is 36.8 Å².